The number of phosphoric acid groups is 1. The molecule has 0 aromatic carbocycles. The minimum atomic E-state index is -4.52. The maximum atomic E-state index is 12.7. The predicted molar refractivity (Wildman–Crippen MR) is 250 cm³/mol. The summed E-state index contributed by atoms with van der Waals surface area (Å²) >= 11 is 0. The van der Waals surface area contributed by atoms with Gasteiger partial charge in [0.25, 0.3) is 7.82 Å². The lowest BCUT2D eigenvalue weighted by Gasteiger charge is -2.28. The van der Waals surface area contributed by atoms with Crippen LogP contribution in [0.5, 0.6) is 0 Å². The fourth-order valence-electron chi connectivity index (χ4n) is 7.11. The standard InChI is InChI=1S/C50H98NO7P/c1-6-8-10-12-14-16-18-20-21-22-23-24-25-26-27-28-29-30-31-32-33-35-37-39-41-43-50(52)58-49(48-57-59(53,54)56-46-44-51(3,4)5)47-55-45-42-40-38-36-34-19-17-15-13-11-9-7-2/h18,20,22-23,49H,6-17,19,21,24-48H2,1-5H3/b20-18-,23-22-. The van der Waals surface area contributed by atoms with Crippen molar-refractivity contribution in [1.29, 1.82) is 0 Å². The predicted octanol–water partition coefficient (Wildman–Crippen LogP) is 14.5. The summed E-state index contributed by atoms with van der Waals surface area (Å²) in [5, 5.41) is 0. The molecular formula is C50H98NO7P. The first-order valence-corrected chi connectivity index (χ1v) is 26.5. The number of nitrogens with zero attached hydrogens (tertiary/aromatic N) is 1. The number of unbranched alkanes of at least 4 members (excludes halogenated alkanes) is 29. The Kier molecular flexibility index (Phi) is 42.9. The normalized spacial score (nSPS) is 13.8. The molecule has 350 valence electrons. The monoisotopic (exact) mass is 856 g/mol. The van der Waals surface area contributed by atoms with Gasteiger partial charge < -0.3 is 27.9 Å². The van der Waals surface area contributed by atoms with Crippen LogP contribution in [-0.2, 0) is 27.9 Å². The second-order valence-electron chi connectivity index (χ2n) is 18.2. The van der Waals surface area contributed by atoms with E-state index in [1.54, 1.807) is 0 Å². The van der Waals surface area contributed by atoms with Crippen LogP contribution in [0.4, 0.5) is 0 Å². The summed E-state index contributed by atoms with van der Waals surface area (Å²) in [5.74, 6) is -0.331. The lowest BCUT2D eigenvalue weighted by atomic mass is 10.0. The van der Waals surface area contributed by atoms with Gasteiger partial charge in [-0.2, -0.15) is 0 Å². The minimum Gasteiger partial charge on any atom is -0.756 e. The number of carbonyl (C=O) groups is 1. The van der Waals surface area contributed by atoms with Crippen LogP contribution in [0.15, 0.2) is 24.3 Å². The molecule has 0 fully saturated rings. The maximum absolute atomic E-state index is 12.7. The SMILES string of the molecule is CCCCCCC/C=C\C/C=C\CCCCCCCCCCCCCCCC(=O)OC(COCCCCCCCCCCCCCC)COP(=O)([O-])OCC[N+](C)(C)C. The molecule has 0 spiro atoms. The number of phosphoric ester groups is 1. The summed E-state index contributed by atoms with van der Waals surface area (Å²) in [6.07, 6.45) is 50.6. The summed E-state index contributed by atoms with van der Waals surface area (Å²) in [6, 6.07) is 0. The average Bonchev–Trinajstić information content (AvgIpc) is 3.19. The molecule has 0 radical (unpaired) electrons. The quantitative estimate of drug-likeness (QED) is 0.0198. The molecule has 59 heavy (non-hydrogen) atoms. The van der Waals surface area contributed by atoms with Crippen molar-refractivity contribution in [1.82, 2.24) is 0 Å². The van der Waals surface area contributed by atoms with Gasteiger partial charge in [0.2, 0.25) is 0 Å². The van der Waals surface area contributed by atoms with Gasteiger partial charge >= 0.3 is 5.97 Å². The van der Waals surface area contributed by atoms with Crippen molar-refractivity contribution in [2.75, 3.05) is 54.1 Å². The number of allylic oxidation sites excluding steroid dienone is 4. The number of hydrogen-bond acceptors (Lipinski definition) is 7. The fourth-order valence-corrected chi connectivity index (χ4v) is 7.84. The van der Waals surface area contributed by atoms with Crippen LogP contribution in [0.25, 0.3) is 0 Å². The molecule has 0 aliphatic carbocycles. The van der Waals surface area contributed by atoms with Crippen molar-refractivity contribution in [3.63, 3.8) is 0 Å². The first-order valence-electron chi connectivity index (χ1n) is 25.1. The Hall–Kier alpha value is -1.02. The molecule has 0 aliphatic heterocycles. The Morgan fingerprint density at radius 2 is 0.932 bits per heavy atom. The summed E-state index contributed by atoms with van der Waals surface area (Å²) < 4.78 is 34.7. The summed E-state index contributed by atoms with van der Waals surface area (Å²) in [6.45, 7) is 5.44. The molecule has 0 aromatic heterocycles. The van der Waals surface area contributed by atoms with Crippen LogP contribution in [-0.4, -0.2) is 70.7 Å². The molecule has 0 N–H and O–H groups in total. The van der Waals surface area contributed by atoms with Gasteiger partial charge in [-0.3, -0.25) is 9.36 Å². The van der Waals surface area contributed by atoms with Gasteiger partial charge in [0.15, 0.2) is 0 Å². The van der Waals surface area contributed by atoms with Gasteiger partial charge in [-0.15, -0.1) is 0 Å². The Labute approximate surface area is 366 Å². The third-order valence-corrected chi connectivity index (χ3v) is 12.0. The highest BCUT2D eigenvalue weighted by Crippen LogP contribution is 2.38. The molecule has 0 aromatic rings. The zero-order chi connectivity index (χ0) is 43.4. The molecule has 0 saturated heterocycles. The molecule has 0 saturated carbocycles. The van der Waals surface area contributed by atoms with E-state index in [4.69, 9.17) is 18.5 Å². The van der Waals surface area contributed by atoms with Crippen LogP contribution in [0, 0.1) is 0 Å². The smallest absolute Gasteiger partial charge is 0.306 e. The van der Waals surface area contributed by atoms with Crippen molar-refractivity contribution in [3.8, 4) is 0 Å². The molecule has 2 unspecified atom stereocenters. The first kappa shape index (κ1) is 58.0. The highest BCUT2D eigenvalue weighted by Gasteiger charge is 2.20. The van der Waals surface area contributed by atoms with E-state index in [1.165, 1.54) is 173 Å². The first-order chi connectivity index (χ1) is 28.6. The number of carbonyl (C=O) groups excluding carboxylic acids is 1. The molecule has 0 aliphatic rings. The van der Waals surface area contributed by atoms with E-state index in [9.17, 15) is 14.3 Å². The van der Waals surface area contributed by atoms with Gasteiger partial charge in [-0.05, 0) is 44.9 Å². The van der Waals surface area contributed by atoms with E-state index in [-0.39, 0.29) is 25.8 Å². The van der Waals surface area contributed by atoms with Gasteiger partial charge in [-0.25, -0.2) is 0 Å². The second kappa shape index (κ2) is 43.6. The third-order valence-electron chi connectivity index (χ3n) is 11.0. The van der Waals surface area contributed by atoms with E-state index in [0.29, 0.717) is 24.1 Å². The molecule has 0 bridgehead atoms. The van der Waals surface area contributed by atoms with Gasteiger partial charge in [0.1, 0.15) is 19.3 Å². The van der Waals surface area contributed by atoms with Crippen LogP contribution in [0.2, 0.25) is 0 Å². The highest BCUT2D eigenvalue weighted by atomic mass is 31.2. The van der Waals surface area contributed by atoms with Crippen LogP contribution < -0.4 is 4.89 Å². The molecule has 9 heteroatoms. The number of rotatable bonds is 47. The molecule has 0 heterocycles. The van der Waals surface area contributed by atoms with Crippen molar-refractivity contribution in [3.05, 3.63) is 24.3 Å². The number of hydrogen-bond donors (Lipinski definition) is 0. The molecule has 8 nitrogen and oxygen atoms in total. The van der Waals surface area contributed by atoms with Crippen LogP contribution >= 0.6 is 7.82 Å². The Bertz CT molecular complexity index is 998. The van der Waals surface area contributed by atoms with Gasteiger partial charge in [0, 0.05) is 13.0 Å². The Morgan fingerprint density at radius 1 is 0.525 bits per heavy atom. The number of likely N-dealkylation sites (N-methyl/N-ethyl adjacent to an activating group) is 1. The molecular weight excluding hydrogens is 758 g/mol. The van der Waals surface area contributed by atoms with E-state index >= 15 is 0 Å². The Morgan fingerprint density at radius 3 is 1.37 bits per heavy atom. The summed E-state index contributed by atoms with van der Waals surface area (Å²) in [7, 11) is 1.37. The zero-order valence-electron chi connectivity index (χ0n) is 39.7. The molecule has 0 amide bonds. The number of esters is 1. The lowest BCUT2D eigenvalue weighted by molar-refractivity contribution is -0.870. The van der Waals surface area contributed by atoms with Crippen LogP contribution in [0.1, 0.15) is 232 Å². The van der Waals surface area contributed by atoms with Gasteiger partial charge in [0.05, 0.1) is 34.4 Å². The molecule has 2 atom stereocenters. The van der Waals surface area contributed by atoms with E-state index < -0.39 is 13.9 Å². The fraction of sp³-hybridized carbons (Fsp3) is 0.900. The third kappa shape index (κ3) is 47.9. The highest BCUT2D eigenvalue weighted by molar-refractivity contribution is 7.45. The van der Waals surface area contributed by atoms with Crippen molar-refractivity contribution >= 4 is 13.8 Å². The van der Waals surface area contributed by atoms with Crippen molar-refractivity contribution < 1.29 is 37.3 Å². The zero-order valence-corrected chi connectivity index (χ0v) is 40.6. The second-order valence-corrected chi connectivity index (χ2v) is 19.6. The largest absolute Gasteiger partial charge is 0.756 e. The topological polar surface area (TPSA) is 94.1 Å². The Balaban J connectivity index is 4.05. The van der Waals surface area contributed by atoms with Gasteiger partial charge in [-0.1, -0.05) is 205 Å². The van der Waals surface area contributed by atoms with Crippen molar-refractivity contribution in [2.45, 2.75) is 238 Å². The van der Waals surface area contributed by atoms with E-state index in [0.717, 1.165) is 38.5 Å². The average molecular weight is 856 g/mol. The molecule has 0 rings (SSSR count). The maximum Gasteiger partial charge on any atom is 0.306 e. The van der Waals surface area contributed by atoms with Crippen LogP contribution in [0.3, 0.4) is 0 Å². The summed E-state index contributed by atoms with van der Waals surface area (Å²) in [5.41, 5.74) is 0. The summed E-state index contributed by atoms with van der Waals surface area (Å²) in [4.78, 5) is 25.1. The van der Waals surface area contributed by atoms with Crippen molar-refractivity contribution in [2.24, 2.45) is 0 Å². The number of quaternary nitrogens is 1. The van der Waals surface area contributed by atoms with E-state index in [2.05, 4.69) is 38.2 Å². The minimum absolute atomic E-state index is 0.0285. The lowest BCUT2D eigenvalue weighted by Crippen LogP contribution is -2.37. The van der Waals surface area contributed by atoms with E-state index in [1.807, 2.05) is 21.1 Å². The number of ether oxygens (including phenoxy) is 2.